The van der Waals surface area contributed by atoms with Gasteiger partial charge in [-0.25, -0.2) is 4.79 Å². The van der Waals surface area contributed by atoms with E-state index >= 15 is 0 Å². The highest BCUT2D eigenvalue weighted by Gasteiger charge is 2.08. The van der Waals surface area contributed by atoms with E-state index in [1.165, 1.54) is 18.2 Å². The molecule has 1 aromatic carbocycles. The van der Waals surface area contributed by atoms with Crippen molar-refractivity contribution in [3.05, 3.63) is 23.8 Å². The van der Waals surface area contributed by atoms with Crippen molar-refractivity contribution in [3.8, 4) is 5.75 Å². The van der Waals surface area contributed by atoms with Crippen molar-refractivity contribution in [2.24, 2.45) is 0 Å². The molecular formula is C12H18N2O5. The summed E-state index contributed by atoms with van der Waals surface area (Å²) in [6.07, 6.45) is 0. The van der Waals surface area contributed by atoms with Crippen molar-refractivity contribution in [2.45, 2.75) is 0 Å². The van der Waals surface area contributed by atoms with Crippen LogP contribution in [0.3, 0.4) is 0 Å². The van der Waals surface area contributed by atoms with Gasteiger partial charge in [0.1, 0.15) is 17.9 Å². The predicted molar refractivity (Wildman–Crippen MR) is 67.4 cm³/mol. The van der Waals surface area contributed by atoms with Crippen LogP contribution < -0.4 is 10.8 Å². The third kappa shape index (κ3) is 7.61. The number of likely N-dealkylation sites (N-methyl/N-ethyl adjacent to an activating group) is 1. The van der Waals surface area contributed by atoms with Crippen molar-refractivity contribution in [1.29, 1.82) is 0 Å². The standard InChI is InChI=1S/C7H7NO3.C5H11NO2/c8-4-1-2-6(9)5(3-4)7(10)11;1-6(2,3)4-5(7)8/h1-3,9H,8H2,(H,10,11);4H2,1-3H3. The molecule has 0 bridgehead atoms. The molecule has 1 aromatic rings. The maximum absolute atomic E-state index is 10.4. The topological polar surface area (TPSA) is 124 Å². The molecule has 0 amide bonds. The summed E-state index contributed by atoms with van der Waals surface area (Å²) in [5.74, 6) is -2.46. The highest BCUT2D eigenvalue weighted by molar-refractivity contribution is 5.91. The minimum Gasteiger partial charge on any atom is -0.544 e. The lowest BCUT2D eigenvalue weighted by Crippen LogP contribution is -2.45. The van der Waals surface area contributed by atoms with Crippen LogP contribution in [-0.2, 0) is 4.79 Å². The fourth-order valence-corrected chi connectivity index (χ4v) is 1.11. The first-order valence-corrected chi connectivity index (χ1v) is 5.35. The van der Waals surface area contributed by atoms with E-state index in [2.05, 4.69) is 0 Å². The summed E-state index contributed by atoms with van der Waals surface area (Å²) in [7, 11) is 5.40. The van der Waals surface area contributed by atoms with E-state index in [4.69, 9.17) is 15.9 Å². The van der Waals surface area contributed by atoms with Crippen LogP contribution in [0.15, 0.2) is 18.2 Å². The van der Waals surface area contributed by atoms with Crippen LogP contribution >= 0.6 is 0 Å². The van der Waals surface area contributed by atoms with Crippen LogP contribution in [0, 0.1) is 0 Å². The third-order valence-corrected chi connectivity index (χ3v) is 1.85. The number of quaternary nitrogens is 1. The molecule has 0 aromatic heterocycles. The van der Waals surface area contributed by atoms with Gasteiger partial charge in [0, 0.05) is 5.69 Å². The number of hydrogen-bond acceptors (Lipinski definition) is 5. The smallest absolute Gasteiger partial charge is 0.339 e. The summed E-state index contributed by atoms with van der Waals surface area (Å²) >= 11 is 0. The van der Waals surface area contributed by atoms with Gasteiger partial charge in [0.05, 0.1) is 27.1 Å². The number of hydrogen-bond donors (Lipinski definition) is 3. The second kappa shape index (κ2) is 6.60. The molecule has 0 spiro atoms. The zero-order chi connectivity index (χ0) is 15.2. The van der Waals surface area contributed by atoms with Gasteiger partial charge in [0.15, 0.2) is 0 Å². The van der Waals surface area contributed by atoms with Gasteiger partial charge in [-0.05, 0) is 18.2 Å². The van der Waals surface area contributed by atoms with Crippen molar-refractivity contribution < 1.29 is 29.4 Å². The number of phenols is 1. The number of nitrogens with two attached hydrogens (primary N) is 1. The maximum Gasteiger partial charge on any atom is 0.339 e. The minimum atomic E-state index is -1.19. The first-order valence-electron chi connectivity index (χ1n) is 5.35. The number of carbonyl (C=O) groups is 2. The number of nitrogen functional groups attached to an aromatic ring is 1. The zero-order valence-corrected chi connectivity index (χ0v) is 11.1. The van der Waals surface area contributed by atoms with Gasteiger partial charge >= 0.3 is 5.97 Å². The summed E-state index contributed by atoms with van der Waals surface area (Å²) in [5, 5.41) is 27.3. The quantitative estimate of drug-likeness (QED) is 0.372. The highest BCUT2D eigenvalue weighted by atomic mass is 16.4. The van der Waals surface area contributed by atoms with Gasteiger partial charge < -0.3 is 30.3 Å². The number of rotatable bonds is 3. The van der Waals surface area contributed by atoms with Crippen LogP contribution in [0.5, 0.6) is 5.75 Å². The molecule has 0 unspecified atom stereocenters. The largest absolute Gasteiger partial charge is 0.544 e. The average Bonchev–Trinajstić information content (AvgIpc) is 2.18. The van der Waals surface area contributed by atoms with Crippen LogP contribution in [0.25, 0.3) is 0 Å². The van der Waals surface area contributed by atoms with E-state index in [-0.39, 0.29) is 17.9 Å². The molecule has 0 fully saturated rings. The summed E-state index contributed by atoms with van der Waals surface area (Å²) < 4.78 is 0.419. The van der Waals surface area contributed by atoms with Gasteiger partial charge in [-0.3, -0.25) is 0 Å². The molecule has 7 heteroatoms. The van der Waals surface area contributed by atoms with E-state index in [0.717, 1.165) is 0 Å². The van der Waals surface area contributed by atoms with Gasteiger partial charge in [0.25, 0.3) is 0 Å². The molecule has 0 aliphatic rings. The second-order valence-corrected chi connectivity index (χ2v) is 4.90. The van der Waals surface area contributed by atoms with Crippen LogP contribution in [0.2, 0.25) is 0 Å². The number of carboxylic acids is 2. The summed E-state index contributed by atoms with van der Waals surface area (Å²) in [5.41, 5.74) is 5.43. The summed E-state index contributed by atoms with van der Waals surface area (Å²) in [4.78, 5) is 20.2. The number of aromatic hydroxyl groups is 1. The first kappa shape index (κ1) is 16.7. The van der Waals surface area contributed by atoms with E-state index in [1.54, 1.807) is 21.1 Å². The number of aliphatic carboxylic acids is 1. The molecule has 19 heavy (non-hydrogen) atoms. The Morgan fingerprint density at radius 3 is 2.11 bits per heavy atom. The zero-order valence-electron chi connectivity index (χ0n) is 11.1. The van der Waals surface area contributed by atoms with Crippen LogP contribution in [0.1, 0.15) is 10.4 Å². The lowest BCUT2D eigenvalue weighted by molar-refractivity contribution is -0.864. The normalized spacial score (nSPS) is 10.3. The molecule has 0 saturated heterocycles. The number of aromatic carboxylic acids is 1. The average molecular weight is 270 g/mol. The predicted octanol–water partition coefficient (Wildman–Crippen LogP) is -0.885. The minimum absolute atomic E-state index is 0.0694. The lowest BCUT2D eigenvalue weighted by atomic mass is 10.2. The van der Waals surface area contributed by atoms with E-state index in [9.17, 15) is 14.7 Å². The summed E-state index contributed by atoms with van der Waals surface area (Å²) in [6, 6.07) is 3.89. The van der Waals surface area contributed by atoms with Gasteiger partial charge in [-0.1, -0.05) is 0 Å². The van der Waals surface area contributed by atoms with E-state index in [0.29, 0.717) is 10.2 Å². The van der Waals surface area contributed by atoms with Crippen LogP contribution in [0.4, 0.5) is 5.69 Å². The van der Waals surface area contributed by atoms with Crippen molar-refractivity contribution >= 4 is 17.6 Å². The Bertz CT molecular complexity index is 466. The van der Waals surface area contributed by atoms with Crippen molar-refractivity contribution in [1.82, 2.24) is 0 Å². The molecule has 106 valence electrons. The Kier molecular flexibility index (Phi) is 5.81. The Labute approximate surface area is 111 Å². The molecule has 0 saturated carbocycles. The van der Waals surface area contributed by atoms with E-state index < -0.39 is 11.9 Å². The molecule has 1 rings (SSSR count). The number of benzene rings is 1. The van der Waals surface area contributed by atoms with Gasteiger partial charge in [-0.15, -0.1) is 0 Å². The fraction of sp³-hybridized carbons (Fsp3) is 0.333. The Balaban J connectivity index is 0.000000362. The summed E-state index contributed by atoms with van der Waals surface area (Å²) in [6.45, 7) is 0.0694. The third-order valence-electron chi connectivity index (χ3n) is 1.85. The Morgan fingerprint density at radius 1 is 1.32 bits per heavy atom. The maximum atomic E-state index is 10.4. The van der Waals surface area contributed by atoms with Crippen molar-refractivity contribution in [2.75, 3.05) is 33.4 Å². The van der Waals surface area contributed by atoms with Gasteiger partial charge in [-0.2, -0.15) is 0 Å². The van der Waals surface area contributed by atoms with Crippen LogP contribution in [-0.4, -0.2) is 54.3 Å². The molecule has 4 N–H and O–H groups in total. The molecule has 0 heterocycles. The lowest BCUT2D eigenvalue weighted by Gasteiger charge is -2.23. The van der Waals surface area contributed by atoms with Crippen molar-refractivity contribution in [3.63, 3.8) is 0 Å². The SMILES string of the molecule is C[N+](C)(C)CC(=O)[O-].Nc1ccc(O)c(C(=O)O)c1. The van der Waals surface area contributed by atoms with Gasteiger partial charge in [0.2, 0.25) is 0 Å². The molecule has 0 aliphatic carbocycles. The number of nitrogens with zero attached hydrogens (tertiary/aromatic N) is 1. The number of carboxylic acid groups (broad SMARTS) is 2. The highest BCUT2D eigenvalue weighted by Crippen LogP contribution is 2.18. The second-order valence-electron chi connectivity index (χ2n) is 4.90. The number of carbonyl (C=O) groups excluding carboxylic acids is 1. The molecule has 0 aliphatic heterocycles. The Morgan fingerprint density at radius 2 is 1.84 bits per heavy atom. The molecular weight excluding hydrogens is 252 g/mol. The number of anilines is 1. The molecule has 0 radical (unpaired) electrons. The fourth-order valence-electron chi connectivity index (χ4n) is 1.11. The van der Waals surface area contributed by atoms with E-state index in [1.807, 2.05) is 0 Å². The first-order chi connectivity index (χ1) is 8.53. The Hall–Kier alpha value is -2.28. The molecule has 0 atom stereocenters. The monoisotopic (exact) mass is 270 g/mol. The molecule has 7 nitrogen and oxygen atoms in total.